The number of hydrogen-bond acceptors (Lipinski definition) is 4. The Morgan fingerprint density at radius 1 is 0.943 bits per heavy atom. The van der Waals surface area contributed by atoms with Gasteiger partial charge in [-0.3, -0.25) is 9.59 Å². The van der Waals surface area contributed by atoms with E-state index in [1.54, 1.807) is 0 Å². The molecule has 5 rings (SSSR count). The summed E-state index contributed by atoms with van der Waals surface area (Å²) in [4.78, 5) is 36.7. The summed E-state index contributed by atoms with van der Waals surface area (Å²) in [6.07, 6.45) is 3.92. The average Bonchev–Trinajstić information content (AvgIpc) is 3.52. The summed E-state index contributed by atoms with van der Waals surface area (Å²) in [5.74, 6) is -0.894. The number of benzene rings is 2. The van der Waals surface area contributed by atoms with E-state index in [9.17, 15) is 14.4 Å². The number of carbonyl (C=O) groups excluding carboxylic acids is 2. The van der Waals surface area contributed by atoms with Gasteiger partial charge in [0.25, 0.3) is 0 Å². The highest BCUT2D eigenvalue weighted by molar-refractivity contribution is 5.81. The van der Waals surface area contributed by atoms with Gasteiger partial charge in [0, 0.05) is 18.5 Å². The first kappa shape index (κ1) is 23.4. The van der Waals surface area contributed by atoms with Crippen molar-refractivity contribution >= 4 is 18.0 Å². The van der Waals surface area contributed by atoms with Gasteiger partial charge < -0.3 is 20.5 Å². The van der Waals surface area contributed by atoms with Crippen molar-refractivity contribution in [2.75, 3.05) is 13.2 Å². The van der Waals surface area contributed by atoms with Crippen LogP contribution in [0.3, 0.4) is 0 Å². The Hall–Kier alpha value is -3.35. The molecule has 3 atom stereocenters. The van der Waals surface area contributed by atoms with Crippen LogP contribution >= 0.6 is 0 Å². The number of nitrogens with one attached hydrogen (secondary N) is 2. The summed E-state index contributed by atoms with van der Waals surface area (Å²) in [5, 5.41) is 15.0. The fraction of sp³-hybridized carbons (Fsp3) is 0.464. The van der Waals surface area contributed by atoms with Gasteiger partial charge in [-0.15, -0.1) is 0 Å². The van der Waals surface area contributed by atoms with Crippen LogP contribution in [0.2, 0.25) is 0 Å². The molecule has 0 radical (unpaired) electrons. The van der Waals surface area contributed by atoms with Gasteiger partial charge in [0.2, 0.25) is 5.91 Å². The minimum absolute atomic E-state index is 0.00980. The third-order valence-electron chi connectivity index (χ3n) is 7.76. The number of carbonyl (C=O) groups is 3. The van der Waals surface area contributed by atoms with Gasteiger partial charge in [0.05, 0.1) is 12.3 Å². The lowest BCUT2D eigenvalue weighted by molar-refractivity contribution is -0.138. The zero-order chi connectivity index (χ0) is 24.4. The molecule has 2 saturated carbocycles. The number of carboxylic acid groups (broad SMARTS) is 1. The van der Waals surface area contributed by atoms with E-state index in [-0.39, 0.29) is 42.7 Å². The van der Waals surface area contributed by atoms with Crippen molar-refractivity contribution in [2.45, 2.75) is 50.5 Å². The molecule has 0 spiro atoms. The van der Waals surface area contributed by atoms with Crippen molar-refractivity contribution in [2.24, 2.45) is 17.8 Å². The first-order valence-electron chi connectivity index (χ1n) is 12.6. The van der Waals surface area contributed by atoms with E-state index in [4.69, 9.17) is 9.84 Å². The van der Waals surface area contributed by atoms with E-state index in [2.05, 4.69) is 34.9 Å². The molecule has 7 nitrogen and oxygen atoms in total. The predicted octanol–water partition coefficient (Wildman–Crippen LogP) is 4.31. The molecule has 184 valence electrons. The Labute approximate surface area is 205 Å². The number of fused-ring (bicyclic) bond motifs is 3. The molecule has 0 aliphatic heterocycles. The maximum Gasteiger partial charge on any atom is 0.407 e. The molecule has 2 amide bonds. The van der Waals surface area contributed by atoms with E-state index < -0.39 is 12.1 Å². The Morgan fingerprint density at radius 3 is 2.23 bits per heavy atom. The molecule has 3 N–H and O–H groups in total. The van der Waals surface area contributed by atoms with Crippen LogP contribution < -0.4 is 10.6 Å². The summed E-state index contributed by atoms with van der Waals surface area (Å²) in [7, 11) is 0. The highest BCUT2D eigenvalue weighted by Gasteiger charge is 2.37. The molecule has 1 unspecified atom stereocenters. The van der Waals surface area contributed by atoms with Gasteiger partial charge in [-0.05, 0) is 59.8 Å². The van der Waals surface area contributed by atoms with Crippen molar-refractivity contribution in [3.8, 4) is 11.1 Å². The van der Waals surface area contributed by atoms with Crippen LogP contribution in [0, 0.1) is 17.8 Å². The number of hydrogen-bond donors (Lipinski definition) is 3. The largest absolute Gasteiger partial charge is 0.481 e. The van der Waals surface area contributed by atoms with Gasteiger partial charge in [0.1, 0.15) is 6.61 Å². The maximum atomic E-state index is 12.9. The number of ether oxygens (including phenoxy) is 1. The monoisotopic (exact) mass is 476 g/mol. The molecule has 2 fully saturated rings. The van der Waals surface area contributed by atoms with E-state index in [0.29, 0.717) is 18.9 Å². The van der Waals surface area contributed by atoms with E-state index in [0.717, 1.165) is 36.8 Å². The Morgan fingerprint density at radius 2 is 1.60 bits per heavy atom. The van der Waals surface area contributed by atoms with Gasteiger partial charge in [-0.25, -0.2) is 4.79 Å². The van der Waals surface area contributed by atoms with Crippen molar-refractivity contribution in [1.29, 1.82) is 0 Å². The first-order chi connectivity index (χ1) is 17.0. The first-order valence-corrected chi connectivity index (χ1v) is 12.6. The summed E-state index contributed by atoms with van der Waals surface area (Å²) < 4.78 is 5.66. The Bertz CT molecular complexity index is 1070. The zero-order valence-electron chi connectivity index (χ0n) is 19.7. The van der Waals surface area contributed by atoms with Crippen LogP contribution in [-0.2, 0) is 14.3 Å². The number of amides is 2. The van der Waals surface area contributed by atoms with Gasteiger partial charge >= 0.3 is 12.1 Å². The molecule has 0 heterocycles. The van der Waals surface area contributed by atoms with Crippen molar-refractivity contribution < 1.29 is 24.2 Å². The quantitative estimate of drug-likeness (QED) is 0.500. The third kappa shape index (κ3) is 5.19. The van der Waals surface area contributed by atoms with Crippen LogP contribution in [0.5, 0.6) is 0 Å². The summed E-state index contributed by atoms with van der Waals surface area (Å²) in [6, 6.07) is 16.1. The van der Waals surface area contributed by atoms with Crippen LogP contribution in [-0.4, -0.2) is 42.3 Å². The minimum Gasteiger partial charge on any atom is -0.481 e. The number of alkyl carbamates (subject to hydrolysis) is 1. The Kier molecular flexibility index (Phi) is 6.75. The number of carboxylic acids is 1. The number of aliphatic carboxylic acids is 1. The Balaban J connectivity index is 1.15. The lowest BCUT2D eigenvalue weighted by atomic mass is 9.98. The number of rotatable bonds is 9. The molecule has 7 heteroatoms. The molecule has 0 saturated heterocycles. The van der Waals surface area contributed by atoms with Gasteiger partial charge in [-0.1, -0.05) is 55.0 Å². The van der Waals surface area contributed by atoms with Crippen LogP contribution in [0.1, 0.15) is 55.6 Å². The fourth-order valence-electron chi connectivity index (χ4n) is 5.80. The van der Waals surface area contributed by atoms with Gasteiger partial charge in [0.15, 0.2) is 0 Å². The van der Waals surface area contributed by atoms with E-state index in [1.165, 1.54) is 11.1 Å². The fourth-order valence-corrected chi connectivity index (χ4v) is 5.80. The second kappa shape index (κ2) is 10.1. The summed E-state index contributed by atoms with van der Waals surface area (Å²) in [5.41, 5.74) is 4.67. The summed E-state index contributed by atoms with van der Waals surface area (Å²) >= 11 is 0. The SMILES string of the molecule is O=C(O)CC(CNC(=O)[C@H]1CCC[C@H]1NC(=O)OCC1c2ccccc2-c2ccccc21)C1CC1. The maximum absolute atomic E-state index is 12.9. The smallest absolute Gasteiger partial charge is 0.407 e. The molecular weight excluding hydrogens is 444 g/mol. The van der Waals surface area contributed by atoms with Crippen LogP contribution in [0.25, 0.3) is 11.1 Å². The highest BCUT2D eigenvalue weighted by Crippen LogP contribution is 2.44. The zero-order valence-corrected chi connectivity index (χ0v) is 19.7. The molecule has 2 aromatic rings. The van der Waals surface area contributed by atoms with Gasteiger partial charge in [-0.2, -0.15) is 0 Å². The van der Waals surface area contributed by atoms with Crippen molar-refractivity contribution in [1.82, 2.24) is 10.6 Å². The van der Waals surface area contributed by atoms with E-state index >= 15 is 0 Å². The lowest BCUT2D eigenvalue weighted by Gasteiger charge is -2.22. The van der Waals surface area contributed by atoms with Crippen molar-refractivity contribution in [3.05, 3.63) is 59.7 Å². The normalized spacial score (nSPS) is 21.6. The third-order valence-corrected chi connectivity index (χ3v) is 7.76. The average molecular weight is 477 g/mol. The van der Waals surface area contributed by atoms with Crippen LogP contribution in [0.15, 0.2) is 48.5 Å². The molecule has 0 bridgehead atoms. The van der Waals surface area contributed by atoms with Crippen molar-refractivity contribution in [3.63, 3.8) is 0 Å². The lowest BCUT2D eigenvalue weighted by Crippen LogP contribution is -2.45. The van der Waals surface area contributed by atoms with Crippen LogP contribution in [0.4, 0.5) is 4.79 Å². The summed E-state index contributed by atoms with van der Waals surface area (Å²) in [6.45, 7) is 0.617. The molecular formula is C28H32N2O5. The molecule has 3 aliphatic rings. The molecule has 0 aromatic heterocycles. The molecule has 35 heavy (non-hydrogen) atoms. The molecule has 2 aromatic carbocycles. The molecule has 3 aliphatic carbocycles. The second-order valence-corrected chi connectivity index (χ2v) is 10.1. The predicted molar refractivity (Wildman–Crippen MR) is 131 cm³/mol. The second-order valence-electron chi connectivity index (χ2n) is 10.1. The topological polar surface area (TPSA) is 105 Å². The highest BCUT2D eigenvalue weighted by atomic mass is 16.5. The standard InChI is InChI=1S/C28H32N2O5/c31-26(32)14-18(17-12-13-17)15-29-27(33)23-10-5-11-25(23)30-28(34)35-16-24-21-8-3-1-6-19(21)20-7-2-4-9-22(20)24/h1-4,6-9,17-18,23-25H,5,10-16H2,(H,29,33)(H,30,34)(H,31,32)/t18?,23-,25+/m0/s1. The van der Waals surface area contributed by atoms with E-state index in [1.807, 2.05) is 24.3 Å². The minimum atomic E-state index is -0.827.